The lowest BCUT2D eigenvalue weighted by molar-refractivity contribution is -0.153. The molecule has 1 unspecified atom stereocenters. The molecule has 3 aromatic carbocycles. The third-order valence-electron chi connectivity index (χ3n) is 5.25. The van der Waals surface area contributed by atoms with E-state index in [1.807, 2.05) is 91.0 Å². The van der Waals surface area contributed by atoms with E-state index in [0.717, 1.165) is 16.7 Å². The van der Waals surface area contributed by atoms with Gasteiger partial charge in [0.15, 0.2) is 6.29 Å². The van der Waals surface area contributed by atoms with Crippen LogP contribution in [-0.4, -0.2) is 36.3 Å². The Morgan fingerprint density at radius 3 is 1.58 bits per heavy atom. The van der Waals surface area contributed by atoms with E-state index in [9.17, 15) is 5.11 Å². The Hall–Kier alpha value is -2.54. The Morgan fingerprint density at radius 1 is 0.613 bits per heavy atom. The first kappa shape index (κ1) is 21.7. The maximum atomic E-state index is 10.5. The van der Waals surface area contributed by atoms with Crippen LogP contribution in [0.3, 0.4) is 0 Å². The highest BCUT2D eigenvalue weighted by atomic mass is 16.7. The van der Waals surface area contributed by atoms with Crippen molar-refractivity contribution in [3.63, 3.8) is 0 Å². The number of ether oxygens (including phenoxy) is 4. The van der Waals surface area contributed by atoms with Crippen LogP contribution in [0.1, 0.15) is 16.7 Å². The molecule has 4 atom stereocenters. The maximum absolute atomic E-state index is 10.5. The highest BCUT2D eigenvalue weighted by molar-refractivity contribution is 5.15. The number of rotatable bonds is 10. The molecule has 0 aromatic heterocycles. The van der Waals surface area contributed by atoms with Gasteiger partial charge in [0.05, 0.1) is 26.4 Å². The molecule has 5 nitrogen and oxygen atoms in total. The lowest BCUT2D eigenvalue weighted by Gasteiger charge is -2.24. The fourth-order valence-electron chi connectivity index (χ4n) is 3.62. The summed E-state index contributed by atoms with van der Waals surface area (Å²) in [7, 11) is 0. The molecule has 0 amide bonds. The van der Waals surface area contributed by atoms with E-state index in [1.165, 1.54) is 0 Å². The standard InChI is InChI=1S/C26H28O5/c27-26-25(30-18-22-14-8-3-9-15-22)24(29-17-21-12-6-2-7-13-21)23(31-26)19-28-16-20-10-4-1-5-11-20/h1-15,23-27H,16-19H2/t23-,24+,25-,26?/m0/s1. The molecule has 0 aliphatic carbocycles. The van der Waals surface area contributed by atoms with Crippen molar-refractivity contribution in [2.75, 3.05) is 6.61 Å². The Bertz CT molecular complexity index is 887. The summed E-state index contributed by atoms with van der Waals surface area (Å²) in [4.78, 5) is 0. The number of hydrogen-bond donors (Lipinski definition) is 1. The predicted octanol–water partition coefficient (Wildman–Crippen LogP) is 4.09. The third kappa shape index (κ3) is 6.23. The molecule has 4 rings (SSSR count). The Kier molecular flexibility index (Phi) is 7.82. The quantitative estimate of drug-likeness (QED) is 0.535. The highest BCUT2D eigenvalue weighted by Crippen LogP contribution is 2.28. The summed E-state index contributed by atoms with van der Waals surface area (Å²) in [5, 5.41) is 10.5. The molecule has 162 valence electrons. The van der Waals surface area contributed by atoms with Gasteiger partial charge in [0.2, 0.25) is 0 Å². The van der Waals surface area contributed by atoms with E-state index < -0.39 is 24.6 Å². The van der Waals surface area contributed by atoms with Crippen molar-refractivity contribution in [3.05, 3.63) is 108 Å². The first-order chi connectivity index (χ1) is 15.3. The summed E-state index contributed by atoms with van der Waals surface area (Å²) in [5.41, 5.74) is 3.16. The summed E-state index contributed by atoms with van der Waals surface area (Å²) < 4.78 is 23.9. The summed E-state index contributed by atoms with van der Waals surface area (Å²) in [6, 6.07) is 29.8. The largest absolute Gasteiger partial charge is 0.374 e. The molecule has 3 aromatic rings. The number of aliphatic hydroxyl groups excluding tert-OH is 1. The number of benzene rings is 3. The van der Waals surface area contributed by atoms with Gasteiger partial charge < -0.3 is 24.1 Å². The number of aliphatic hydroxyl groups is 1. The van der Waals surface area contributed by atoms with E-state index in [-0.39, 0.29) is 0 Å². The van der Waals surface area contributed by atoms with Crippen LogP contribution in [0.4, 0.5) is 0 Å². The minimum Gasteiger partial charge on any atom is -0.374 e. The van der Waals surface area contributed by atoms with Gasteiger partial charge in [-0.15, -0.1) is 0 Å². The Balaban J connectivity index is 1.39. The zero-order valence-electron chi connectivity index (χ0n) is 17.4. The van der Waals surface area contributed by atoms with Gasteiger partial charge in [0, 0.05) is 0 Å². The second kappa shape index (κ2) is 11.2. The van der Waals surface area contributed by atoms with Crippen molar-refractivity contribution in [2.24, 2.45) is 0 Å². The molecule has 1 heterocycles. The van der Waals surface area contributed by atoms with Gasteiger partial charge in [-0.2, -0.15) is 0 Å². The lowest BCUT2D eigenvalue weighted by atomic mass is 10.1. The highest BCUT2D eigenvalue weighted by Gasteiger charge is 2.45. The van der Waals surface area contributed by atoms with E-state index >= 15 is 0 Å². The minimum absolute atomic E-state index is 0.302. The average Bonchev–Trinajstić information content (AvgIpc) is 3.12. The molecule has 1 N–H and O–H groups in total. The van der Waals surface area contributed by atoms with E-state index in [0.29, 0.717) is 26.4 Å². The number of hydrogen-bond acceptors (Lipinski definition) is 5. The molecule has 0 spiro atoms. The molecule has 0 bridgehead atoms. The fraction of sp³-hybridized carbons (Fsp3) is 0.308. The fourth-order valence-corrected chi connectivity index (χ4v) is 3.62. The molecular weight excluding hydrogens is 392 g/mol. The summed E-state index contributed by atoms with van der Waals surface area (Å²) in [5.74, 6) is 0. The maximum Gasteiger partial charge on any atom is 0.184 e. The zero-order valence-corrected chi connectivity index (χ0v) is 17.4. The van der Waals surface area contributed by atoms with Crippen LogP contribution < -0.4 is 0 Å². The van der Waals surface area contributed by atoms with Crippen LogP contribution in [0.15, 0.2) is 91.0 Å². The second-order valence-electron chi connectivity index (χ2n) is 7.59. The van der Waals surface area contributed by atoms with Crippen molar-refractivity contribution < 1.29 is 24.1 Å². The van der Waals surface area contributed by atoms with Gasteiger partial charge in [0.25, 0.3) is 0 Å². The van der Waals surface area contributed by atoms with Gasteiger partial charge >= 0.3 is 0 Å². The predicted molar refractivity (Wildman–Crippen MR) is 117 cm³/mol. The molecule has 0 saturated carbocycles. The van der Waals surface area contributed by atoms with Crippen LogP contribution in [-0.2, 0) is 38.8 Å². The zero-order chi connectivity index (χ0) is 21.3. The molecule has 1 fully saturated rings. The van der Waals surface area contributed by atoms with Gasteiger partial charge in [-0.05, 0) is 16.7 Å². The van der Waals surface area contributed by atoms with Crippen molar-refractivity contribution >= 4 is 0 Å². The van der Waals surface area contributed by atoms with Crippen LogP contribution in [0.25, 0.3) is 0 Å². The SMILES string of the molecule is OC1O[C@@H](COCc2ccccc2)[C@@H](OCc2ccccc2)[C@@H]1OCc1ccccc1. The summed E-state index contributed by atoms with van der Waals surface area (Å²) in [6.07, 6.45) is -2.55. The van der Waals surface area contributed by atoms with E-state index in [2.05, 4.69) is 0 Å². The minimum atomic E-state index is -1.07. The Morgan fingerprint density at radius 2 is 1.06 bits per heavy atom. The molecular formula is C26H28O5. The van der Waals surface area contributed by atoms with Crippen molar-refractivity contribution in [3.8, 4) is 0 Å². The monoisotopic (exact) mass is 420 g/mol. The van der Waals surface area contributed by atoms with Crippen molar-refractivity contribution in [1.29, 1.82) is 0 Å². The van der Waals surface area contributed by atoms with Gasteiger partial charge in [-0.3, -0.25) is 0 Å². The molecule has 1 saturated heterocycles. The lowest BCUT2D eigenvalue weighted by Crippen LogP contribution is -2.39. The molecule has 5 heteroatoms. The van der Waals surface area contributed by atoms with Gasteiger partial charge in [-0.25, -0.2) is 0 Å². The van der Waals surface area contributed by atoms with Crippen LogP contribution in [0, 0.1) is 0 Å². The van der Waals surface area contributed by atoms with Crippen LogP contribution in [0.5, 0.6) is 0 Å². The van der Waals surface area contributed by atoms with Gasteiger partial charge in [-0.1, -0.05) is 91.0 Å². The van der Waals surface area contributed by atoms with E-state index in [4.69, 9.17) is 18.9 Å². The molecule has 0 radical (unpaired) electrons. The molecule has 1 aliphatic rings. The van der Waals surface area contributed by atoms with Gasteiger partial charge in [0.1, 0.15) is 18.3 Å². The smallest absolute Gasteiger partial charge is 0.184 e. The Labute approximate surface area is 183 Å². The summed E-state index contributed by atoms with van der Waals surface area (Å²) in [6.45, 7) is 1.55. The molecule has 1 aliphatic heterocycles. The normalized spacial score (nSPS) is 23.1. The van der Waals surface area contributed by atoms with E-state index in [1.54, 1.807) is 0 Å². The summed E-state index contributed by atoms with van der Waals surface area (Å²) >= 11 is 0. The first-order valence-electron chi connectivity index (χ1n) is 10.6. The topological polar surface area (TPSA) is 57.2 Å². The second-order valence-corrected chi connectivity index (χ2v) is 7.59. The first-order valence-corrected chi connectivity index (χ1v) is 10.6. The van der Waals surface area contributed by atoms with Crippen LogP contribution >= 0.6 is 0 Å². The van der Waals surface area contributed by atoms with Crippen molar-refractivity contribution in [1.82, 2.24) is 0 Å². The average molecular weight is 421 g/mol. The molecule has 31 heavy (non-hydrogen) atoms. The van der Waals surface area contributed by atoms with Crippen molar-refractivity contribution in [2.45, 2.75) is 44.4 Å². The van der Waals surface area contributed by atoms with Crippen LogP contribution in [0.2, 0.25) is 0 Å². The third-order valence-corrected chi connectivity index (χ3v) is 5.25.